The second-order valence-corrected chi connectivity index (χ2v) is 6.08. The molecular weight excluding hydrogens is 264 g/mol. The molecule has 2 N–H and O–H groups in total. The molecule has 4 nitrogen and oxygen atoms in total. The van der Waals surface area contributed by atoms with Crippen molar-refractivity contribution in [1.82, 2.24) is 10.6 Å². The molecule has 1 aliphatic heterocycles. The van der Waals surface area contributed by atoms with Gasteiger partial charge < -0.3 is 15.4 Å². The average molecular weight is 288 g/mol. The molecule has 1 heterocycles. The second kappa shape index (κ2) is 6.48. The van der Waals surface area contributed by atoms with Crippen LogP contribution in [0.1, 0.15) is 55.3 Å². The molecule has 2 atom stereocenters. The third kappa shape index (κ3) is 3.56. The number of hydrogen-bond acceptors (Lipinski definition) is 2. The quantitative estimate of drug-likeness (QED) is 0.898. The van der Waals surface area contributed by atoms with Gasteiger partial charge >= 0.3 is 6.03 Å². The zero-order valence-electron chi connectivity index (χ0n) is 12.7. The molecular formula is C17H24N2O2. The van der Waals surface area contributed by atoms with Crippen LogP contribution in [-0.2, 0) is 17.6 Å². The third-order valence-electron chi connectivity index (χ3n) is 4.44. The Morgan fingerprint density at radius 1 is 1.24 bits per heavy atom. The lowest BCUT2D eigenvalue weighted by molar-refractivity contribution is 0.0903. The van der Waals surface area contributed by atoms with Gasteiger partial charge in [0.25, 0.3) is 0 Å². The molecule has 4 heteroatoms. The van der Waals surface area contributed by atoms with Gasteiger partial charge in [-0.3, -0.25) is 0 Å². The minimum atomic E-state index is -0.146. The molecule has 0 radical (unpaired) electrons. The van der Waals surface area contributed by atoms with Crippen molar-refractivity contribution in [2.24, 2.45) is 0 Å². The molecule has 1 aromatic rings. The van der Waals surface area contributed by atoms with Gasteiger partial charge in [-0.15, -0.1) is 0 Å². The Morgan fingerprint density at radius 2 is 2.05 bits per heavy atom. The minimum Gasteiger partial charge on any atom is -0.358 e. The number of ether oxygens (including phenoxy) is 1. The van der Waals surface area contributed by atoms with Crippen LogP contribution in [0.15, 0.2) is 18.2 Å². The topological polar surface area (TPSA) is 50.4 Å². The average Bonchev–Trinajstić information content (AvgIpc) is 2.99. The van der Waals surface area contributed by atoms with Crippen molar-refractivity contribution in [3.8, 4) is 0 Å². The Kier molecular flexibility index (Phi) is 4.44. The highest BCUT2D eigenvalue weighted by molar-refractivity contribution is 5.74. The highest BCUT2D eigenvalue weighted by Gasteiger charge is 2.19. The lowest BCUT2D eigenvalue weighted by Crippen LogP contribution is -2.42. The SMILES string of the molecule is CC(NC(=O)NC1CCCO1)c1ccc2c(c1)CCCC2. The van der Waals surface area contributed by atoms with Crippen molar-refractivity contribution >= 4 is 6.03 Å². The summed E-state index contributed by atoms with van der Waals surface area (Å²) in [6.45, 7) is 2.77. The highest BCUT2D eigenvalue weighted by Crippen LogP contribution is 2.24. The van der Waals surface area contributed by atoms with E-state index in [4.69, 9.17) is 4.74 Å². The Balaban J connectivity index is 1.59. The van der Waals surface area contributed by atoms with E-state index in [1.54, 1.807) is 0 Å². The predicted octanol–water partition coefficient (Wildman–Crippen LogP) is 3.06. The van der Waals surface area contributed by atoms with Crippen LogP contribution in [0.2, 0.25) is 0 Å². The van der Waals surface area contributed by atoms with Crippen molar-refractivity contribution < 1.29 is 9.53 Å². The summed E-state index contributed by atoms with van der Waals surface area (Å²) in [5.41, 5.74) is 4.10. The summed E-state index contributed by atoms with van der Waals surface area (Å²) in [5, 5.41) is 5.87. The predicted molar refractivity (Wildman–Crippen MR) is 82.1 cm³/mol. The van der Waals surface area contributed by atoms with Crippen LogP contribution in [0.4, 0.5) is 4.79 Å². The van der Waals surface area contributed by atoms with E-state index in [9.17, 15) is 4.79 Å². The number of amides is 2. The van der Waals surface area contributed by atoms with E-state index in [1.807, 2.05) is 6.92 Å². The molecule has 3 rings (SSSR count). The monoisotopic (exact) mass is 288 g/mol. The normalized spacial score (nSPS) is 22.4. The molecule has 0 spiro atoms. The first-order chi connectivity index (χ1) is 10.2. The number of fused-ring (bicyclic) bond motifs is 1. The summed E-state index contributed by atoms with van der Waals surface area (Å²) in [5.74, 6) is 0. The first kappa shape index (κ1) is 14.4. The molecule has 2 amide bonds. The van der Waals surface area contributed by atoms with Crippen molar-refractivity contribution in [1.29, 1.82) is 0 Å². The van der Waals surface area contributed by atoms with Crippen LogP contribution < -0.4 is 10.6 Å². The molecule has 1 saturated heterocycles. The van der Waals surface area contributed by atoms with Crippen molar-refractivity contribution in [3.05, 3.63) is 34.9 Å². The minimum absolute atomic E-state index is 0.0126. The van der Waals surface area contributed by atoms with E-state index in [0.29, 0.717) is 0 Å². The van der Waals surface area contributed by atoms with E-state index in [-0.39, 0.29) is 18.3 Å². The van der Waals surface area contributed by atoms with Gasteiger partial charge in [0.15, 0.2) is 0 Å². The van der Waals surface area contributed by atoms with Gasteiger partial charge in [0, 0.05) is 6.61 Å². The van der Waals surface area contributed by atoms with E-state index < -0.39 is 0 Å². The Morgan fingerprint density at radius 3 is 2.81 bits per heavy atom. The summed E-state index contributed by atoms with van der Waals surface area (Å²) in [6.07, 6.45) is 6.73. The van der Waals surface area contributed by atoms with E-state index in [2.05, 4.69) is 28.8 Å². The summed E-state index contributed by atoms with van der Waals surface area (Å²) in [7, 11) is 0. The second-order valence-electron chi connectivity index (χ2n) is 6.08. The van der Waals surface area contributed by atoms with E-state index in [0.717, 1.165) is 25.9 Å². The summed E-state index contributed by atoms with van der Waals surface area (Å²) in [6, 6.07) is 6.48. The van der Waals surface area contributed by atoms with Crippen LogP contribution in [0, 0.1) is 0 Å². The molecule has 1 aliphatic carbocycles. The van der Waals surface area contributed by atoms with Crippen LogP contribution in [0.5, 0.6) is 0 Å². The number of rotatable bonds is 3. The first-order valence-electron chi connectivity index (χ1n) is 8.03. The number of aryl methyl sites for hydroxylation is 2. The maximum atomic E-state index is 12.0. The maximum Gasteiger partial charge on any atom is 0.317 e. The molecule has 1 fully saturated rings. The molecule has 0 saturated carbocycles. The van der Waals surface area contributed by atoms with Gasteiger partial charge in [0.05, 0.1) is 6.04 Å². The fourth-order valence-corrected chi connectivity index (χ4v) is 3.18. The number of nitrogens with one attached hydrogen (secondary N) is 2. The molecule has 2 aliphatic rings. The molecule has 1 aromatic carbocycles. The zero-order valence-corrected chi connectivity index (χ0v) is 12.7. The smallest absolute Gasteiger partial charge is 0.317 e. The molecule has 21 heavy (non-hydrogen) atoms. The van der Waals surface area contributed by atoms with Gasteiger partial charge in [0.1, 0.15) is 6.23 Å². The van der Waals surface area contributed by atoms with Gasteiger partial charge in [0.2, 0.25) is 0 Å². The first-order valence-corrected chi connectivity index (χ1v) is 8.03. The number of hydrogen-bond donors (Lipinski definition) is 2. The largest absolute Gasteiger partial charge is 0.358 e. The Labute approximate surface area is 126 Å². The van der Waals surface area contributed by atoms with Gasteiger partial charge in [-0.2, -0.15) is 0 Å². The van der Waals surface area contributed by atoms with Crippen LogP contribution in [0.25, 0.3) is 0 Å². The summed E-state index contributed by atoms with van der Waals surface area (Å²) in [4.78, 5) is 12.0. The lowest BCUT2D eigenvalue weighted by Gasteiger charge is -2.21. The van der Waals surface area contributed by atoms with E-state index in [1.165, 1.54) is 36.0 Å². The number of benzene rings is 1. The van der Waals surface area contributed by atoms with E-state index >= 15 is 0 Å². The van der Waals surface area contributed by atoms with Crippen molar-refractivity contribution in [2.75, 3.05) is 6.61 Å². The molecule has 114 valence electrons. The third-order valence-corrected chi connectivity index (χ3v) is 4.44. The van der Waals surface area contributed by atoms with Gasteiger partial charge in [-0.25, -0.2) is 4.79 Å². The maximum absolute atomic E-state index is 12.0. The standard InChI is InChI=1S/C17H24N2O2/c1-12(18-17(20)19-16-7-4-10-21-16)14-9-8-13-5-2-3-6-15(13)11-14/h8-9,11-12,16H,2-7,10H2,1H3,(H2,18,19,20). The van der Waals surface area contributed by atoms with Gasteiger partial charge in [-0.05, 0) is 62.1 Å². The lowest BCUT2D eigenvalue weighted by atomic mass is 9.89. The highest BCUT2D eigenvalue weighted by atomic mass is 16.5. The van der Waals surface area contributed by atoms with Crippen molar-refractivity contribution in [2.45, 2.75) is 57.7 Å². The fraction of sp³-hybridized carbons (Fsp3) is 0.588. The summed E-state index contributed by atoms with van der Waals surface area (Å²) >= 11 is 0. The van der Waals surface area contributed by atoms with Gasteiger partial charge in [-0.1, -0.05) is 18.2 Å². The number of urea groups is 1. The Bertz CT molecular complexity index is 510. The van der Waals surface area contributed by atoms with Crippen LogP contribution >= 0.6 is 0 Å². The molecule has 0 bridgehead atoms. The summed E-state index contributed by atoms with van der Waals surface area (Å²) < 4.78 is 5.41. The Hall–Kier alpha value is -1.55. The molecule has 2 unspecified atom stereocenters. The fourth-order valence-electron chi connectivity index (χ4n) is 3.18. The van der Waals surface area contributed by atoms with Crippen molar-refractivity contribution in [3.63, 3.8) is 0 Å². The van der Waals surface area contributed by atoms with Crippen LogP contribution in [0.3, 0.4) is 0 Å². The van der Waals surface area contributed by atoms with Crippen LogP contribution in [-0.4, -0.2) is 18.9 Å². The molecule has 0 aromatic heterocycles. The zero-order chi connectivity index (χ0) is 14.7. The number of carbonyl (C=O) groups is 1. The number of carbonyl (C=O) groups excluding carboxylic acids is 1.